The maximum absolute atomic E-state index is 11.6. The van der Waals surface area contributed by atoms with Crippen LogP contribution in [0.4, 0.5) is 5.69 Å². The highest BCUT2D eigenvalue weighted by atomic mass is 16.5. The number of ketones is 1. The molecule has 0 aromatic heterocycles. The van der Waals surface area contributed by atoms with Gasteiger partial charge in [-0.2, -0.15) is 0 Å². The maximum atomic E-state index is 11.6. The van der Waals surface area contributed by atoms with Crippen LogP contribution in [0.25, 0.3) is 0 Å². The van der Waals surface area contributed by atoms with Crippen molar-refractivity contribution in [3.63, 3.8) is 0 Å². The van der Waals surface area contributed by atoms with E-state index in [4.69, 9.17) is 4.74 Å². The van der Waals surface area contributed by atoms with Gasteiger partial charge < -0.3 is 10.1 Å². The number of methoxy groups -OCH3 is 1. The topological polar surface area (TPSA) is 55.4 Å². The highest BCUT2D eigenvalue weighted by Gasteiger charge is 2.31. The number of hydrogen-bond acceptors (Lipinski definition) is 3. The van der Waals surface area contributed by atoms with Crippen LogP contribution in [0.5, 0.6) is 5.75 Å². The monoisotopic (exact) mass is 205 g/mol. The minimum absolute atomic E-state index is 0.460. The Balaban J connectivity index is 2.66. The van der Waals surface area contributed by atoms with E-state index in [0.29, 0.717) is 23.4 Å². The van der Waals surface area contributed by atoms with Gasteiger partial charge in [-0.05, 0) is 18.6 Å². The Morgan fingerprint density at radius 2 is 2.07 bits per heavy atom. The number of amides is 1. The van der Waals surface area contributed by atoms with E-state index in [1.165, 1.54) is 0 Å². The average Bonchev–Trinajstić information content (AvgIpc) is 2.54. The van der Waals surface area contributed by atoms with E-state index in [9.17, 15) is 9.59 Å². The van der Waals surface area contributed by atoms with Crippen molar-refractivity contribution in [2.75, 3.05) is 12.4 Å². The third-order valence-corrected chi connectivity index (χ3v) is 2.52. The molecule has 0 saturated heterocycles. The van der Waals surface area contributed by atoms with Gasteiger partial charge in [-0.1, -0.05) is 6.92 Å². The number of hydrogen-bond donors (Lipinski definition) is 1. The van der Waals surface area contributed by atoms with Crippen molar-refractivity contribution < 1.29 is 14.3 Å². The van der Waals surface area contributed by atoms with Gasteiger partial charge in [0.2, 0.25) is 0 Å². The van der Waals surface area contributed by atoms with Crippen LogP contribution >= 0.6 is 0 Å². The molecular weight excluding hydrogens is 194 g/mol. The van der Waals surface area contributed by atoms with Gasteiger partial charge in [0, 0.05) is 5.56 Å². The first kappa shape index (κ1) is 9.71. The van der Waals surface area contributed by atoms with Crippen LogP contribution in [0.1, 0.15) is 22.8 Å². The van der Waals surface area contributed by atoms with E-state index < -0.39 is 11.7 Å². The molecule has 4 heteroatoms. The van der Waals surface area contributed by atoms with Crippen LogP contribution in [0.15, 0.2) is 12.1 Å². The molecule has 0 atom stereocenters. The van der Waals surface area contributed by atoms with Gasteiger partial charge >= 0.3 is 0 Å². The van der Waals surface area contributed by atoms with Gasteiger partial charge in [-0.15, -0.1) is 0 Å². The first-order valence-electron chi connectivity index (χ1n) is 4.74. The van der Waals surface area contributed by atoms with E-state index in [-0.39, 0.29) is 0 Å². The lowest BCUT2D eigenvalue weighted by molar-refractivity contribution is -0.112. The van der Waals surface area contributed by atoms with Crippen molar-refractivity contribution in [3.05, 3.63) is 23.3 Å². The third kappa shape index (κ3) is 1.29. The minimum Gasteiger partial charge on any atom is -0.496 e. The maximum Gasteiger partial charge on any atom is 0.296 e. The van der Waals surface area contributed by atoms with E-state index in [1.807, 2.05) is 6.92 Å². The molecule has 1 aromatic carbocycles. The number of fused-ring (bicyclic) bond motifs is 1. The Bertz CT molecular complexity index is 451. The molecule has 1 aliphatic rings. The zero-order valence-corrected chi connectivity index (χ0v) is 8.59. The molecule has 0 radical (unpaired) electrons. The zero-order chi connectivity index (χ0) is 11.0. The van der Waals surface area contributed by atoms with Crippen LogP contribution in [0.3, 0.4) is 0 Å². The fraction of sp³-hybridized carbons (Fsp3) is 0.273. The molecule has 0 unspecified atom stereocenters. The number of anilines is 1. The van der Waals surface area contributed by atoms with Gasteiger partial charge in [0.25, 0.3) is 11.7 Å². The summed E-state index contributed by atoms with van der Waals surface area (Å²) in [5, 5.41) is 2.53. The average molecular weight is 205 g/mol. The molecular formula is C11H11NO3. The number of rotatable bonds is 2. The van der Waals surface area contributed by atoms with Crippen molar-refractivity contribution in [3.8, 4) is 5.75 Å². The van der Waals surface area contributed by atoms with E-state index in [2.05, 4.69) is 5.32 Å². The summed E-state index contributed by atoms with van der Waals surface area (Å²) in [7, 11) is 1.55. The highest BCUT2D eigenvalue weighted by molar-refractivity contribution is 6.52. The molecule has 1 amide bonds. The molecule has 1 aliphatic heterocycles. The number of Topliss-reactive ketones (excluding diaryl/α,β-unsaturated/α-hetero) is 1. The van der Waals surface area contributed by atoms with Crippen LogP contribution in [0.2, 0.25) is 0 Å². The molecule has 1 aromatic rings. The lowest BCUT2D eigenvalue weighted by atomic mass is 10.0. The molecule has 0 saturated carbocycles. The first-order valence-corrected chi connectivity index (χ1v) is 4.74. The van der Waals surface area contributed by atoms with Gasteiger partial charge in [-0.25, -0.2) is 0 Å². The lowest BCUT2D eigenvalue weighted by Crippen LogP contribution is -2.13. The Labute approximate surface area is 87.2 Å². The van der Waals surface area contributed by atoms with Gasteiger partial charge in [0.1, 0.15) is 5.75 Å². The first-order chi connectivity index (χ1) is 7.19. The fourth-order valence-corrected chi connectivity index (χ4v) is 1.83. The van der Waals surface area contributed by atoms with Gasteiger partial charge in [0.15, 0.2) is 0 Å². The minimum atomic E-state index is -0.562. The van der Waals surface area contributed by atoms with Crippen LogP contribution in [-0.4, -0.2) is 18.8 Å². The lowest BCUT2D eigenvalue weighted by Gasteiger charge is -2.09. The standard InChI is InChI=1S/C11H11NO3/c1-3-6-8(15-2)5-4-7-9(6)10(13)11(14)12-7/h4-5H,3H2,1-2H3,(H,12,13,14). The molecule has 0 bridgehead atoms. The van der Waals surface area contributed by atoms with Crippen molar-refractivity contribution in [1.29, 1.82) is 0 Å². The molecule has 15 heavy (non-hydrogen) atoms. The quantitative estimate of drug-likeness (QED) is 0.742. The van der Waals surface area contributed by atoms with Crippen LogP contribution in [-0.2, 0) is 11.2 Å². The Kier molecular flexibility index (Phi) is 2.19. The van der Waals surface area contributed by atoms with E-state index >= 15 is 0 Å². The van der Waals surface area contributed by atoms with Crippen LogP contribution < -0.4 is 10.1 Å². The highest BCUT2D eigenvalue weighted by Crippen LogP contribution is 2.33. The largest absolute Gasteiger partial charge is 0.496 e. The summed E-state index contributed by atoms with van der Waals surface area (Å²) < 4.78 is 5.15. The van der Waals surface area contributed by atoms with Crippen molar-refractivity contribution in [1.82, 2.24) is 0 Å². The molecule has 0 aliphatic carbocycles. The molecule has 4 nitrogen and oxygen atoms in total. The van der Waals surface area contributed by atoms with Crippen LogP contribution in [0, 0.1) is 0 Å². The fourth-order valence-electron chi connectivity index (χ4n) is 1.83. The normalized spacial score (nSPS) is 13.7. The molecule has 0 spiro atoms. The van der Waals surface area contributed by atoms with Crippen molar-refractivity contribution in [2.24, 2.45) is 0 Å². The second kappa shape index (κ2) is 3.38. The number of nitrogens with one attached hydrogen (secondary N) is 1. The smallest absolute Gasteiger partial charge is 0.296 e. The summed E-state index contributed by atoms with van der Waals surface area (Å²) in [5.74, 6) is -0.380. The molecule has 1 heterocycles. The summed E-state index contributed by atoms with van der Waals surface area (Å²) in [5.41, 5.74) is 1.84. The number of benzene rings is 1. The Morgan fingerprint density at radius 3 is 2.67 bits per heavy atom. The molecule has 2 rings (SSSR count). The summed E-state index contributed by atoms with van der Waals surface area (Å²) >= 11 is 0. The van der Waals surface area contributed by atoms with Gasteiger partial charge in [0.05, 0.1) is 18.4 Å². The number of ether oxygens (including phenoxy) is 1. The summed E-state index contributed by atoms with van der Waals surface area (Å²) in [6, 6.07) is 3.45. The molecule has 1 N–H and O–H groups in total. The number of carbonyl (C=O) groups excluding carboxylic acids is 2. The summed E-state index contributed by atoms with van der Waals surface area (Å²) in [6.07, 6.45) is 0.660. The second-order valence-electron chi connectivity index (χ2n) is 3.31. The van der Waals surface area contributed by atoms with Crippen molar-refractivity contribution >= 4 is 17.4 Å². The molecule has 78 valence electrons. The zero-order valence-electron chi connectivity index (χ0n) is 8.59. The van der Waals surface area contributed by atoms with E-state index in [1.54, 1.807) is 19.2 Å². The SMILES string of the molecule is CCc1c(OC)ccc2c1C(=O)C(=O)N2. The Morgan fingerprint density at radius 1 is 1.33 bits per heavy atom. The predicted molar refractivity (Wildman–Crippen MR) is 55.3 cm³/mol. The van der Waals surface area contributed by atoms with E-state index in [0.717, 1.165) is 5.56 Å². The van der Waals surface area contributed by atoms with Gasteiger partial charge in [-0.3, -0.25) is 9.59 Å². The number of carbonyl (C=O) groups is 2. The van der Waals surface area contributed by atoms with Crippen molar-refractivity contribution in [2.45, 2.75) is 13.3 Å². The third-order valence-electron chi connectivity index (χ3n) is 2.52. The summed E-state index contributed by atoms with van der Waals surface area (Å²) in [6.45, 7) is 1.92. The summed E-state index contributed by atoms with van der Waals surface area (Å²) in [4.78, 5) is 22.8. The second-order valence-corrected chi connectivity index (χ2v) is 3.31. The predicted octanol–water partition coefficient (Wildman–Crippen LogP) is 1.39. The Hall–Kier alpha value is -1.84. The molecule has 0 fully saturated rings.